The first kappa shape index (κ1) is 18.4. The number of carbonyl (C=O) groups is 2. The van der Waals surface area contributed by atoms with Gasteiger partial charge in [-0.2, -0.15) is 5.26 Å². The molecule has 0 spiro atoms. The normalized spacial score (nSPS) is 11.3. The Morgan fingerprint density at radius 3 is 2.48 bits per heavy atom. The lowest BCUT2D eigenvalue weighted by molar-refractivity contribution is -0.136. The van der Waals surface area contributed by atoms with Gasteiger partial charge in [0.05, 0.1) is 16.6 Å². The average Bonchev–Trinajstić information content (AvgIpc) is 2.54. The molecule has 128 valence electrons. The summed E-state index contributed by atoms with van der Waals surface area (Å²) in [4.78, 5) is 23.8. The summed E-state index contributed by atoms with van der Waals surface area (Å²) in [5.74, 6) is -3.56. The Balaban J connectivity index is 2.04. The van der Waals surface area contributed by atoms with Crippen molar-refractivity contribution in [3.63, 3.8) is 0 Å². The minimum atomic E-state index is -1.00. The van der Waals surface area contributed by atoms with Crippen molar-refractivity contribution in [2.75, 3.05) is 5.32 Å². The second-order valence-electron chi connectivity index (χ2n) is 5.12. The van der Waals surface area contributed by atoms with Gasteiger partial charge in [0, 0.05) is 17.3 Å². The molecule has 8 heteroatoms. The Kier molecular flexibility index (Phi) is 5.67. The zero-order valence-electron chi connectivity index (χ0n) is 12.9. The Morgan fingerprint density at radius 1 is 1.16 bits per heavy atom. The van der Waals surface area contributed by atoms with Crippen molar-refractivity contribution in [3.05, 3.63) is 64.2 Å². The molecule has 2 aromatic rings. The summed E-state index contributed by atoms with van der Waals surface area (Å²) in [6.07, 6.45) is 0. The van der Waals surface area contributed by atoms with Gasteiger partial charge in [0.15, 0.2) is 0 Å². The second kappa shape index (κ2) is 7.73. The zero-order chi connectivity index (χ0) is 18.6. The van der Waals surface area contributed by atoms with E-state index in [4.69, 9.17) is 16.9 Å². The molecule has 0 radical (unpaired) electrons. The van der Waals surface area contributed by atoms with Gasteiger partial charge in [-0.25, -0.2) is 8.78 Å². The quantitative estimate of drug-likeness (QED) is 0.821. The summed E-state index contributed by atoms with van der Waals surface area (Å²) in [7, 11) is 0. The highest BCUT2D eigenvalue weighted by Crippen LogP contribution is 2.20. The fraction of sp³-hybridized carbons (Fsp3) is 0.118. The van der Waals surface area contributed by atoms with E-state index < -0.39 is 29.5 Å². The Bertz CT molecular complexity index is 881. The highest BCUT2D eigenvalue weighted by Gasteiger charge is 2.19. The van der Waals surface area contributed by atoms with E-state index in [0.29, 0.717) is 6.07 Å². The summed E-state index contributed by atoms with van der Waals surface area (Å²) in [6.45, 7) is 1.46. The number of hydrogen-bond acceptors (Lipinski definition) is 3. The molecule has 2 aromatic carbocycles. The molecule has 0 bridgehead atoms. The first-order valence-corrected chi connectivity index (χ1v) is 7.46. The molecule has 1 atom stereocenters. The topological polar surface area (TPSA) is 82.0 Å². The summed E-state index contributed by atoms with van der Waals surface area (Å²) < 4.78 is 26.6. The van der Waals surface area contributed by atoms with Gasteiger partial charge >= 0.3 is 11.8 Å². The minimum Gasteiger partial charge on any atom is -0.341 e. The van der Waals surface area contributed by atoms with E-state index in [0.717, 1.165) is 6.07 Å². The van der Waals surface area contributed by atoms with Crippen molar-refractivity contribution in [1.29, 1.82) is 5.26 Å². The predicted molar refractivity (Wildman–Crippen MR) is 87.7 cm³/mol. The molecule has 0 aliphatic rings. The maximum atomic E-state index is 13.7. The number of hydrogen-bond donors (Lipinski definition) is 2. The average molecular weight is 364 g/mol. The van der Waals surface area contributed by atoms with Crippen molar-refractivity contribution in [1.82, 2.24) is 5.32 Å². The van der Waals surface area contributed by atoms with Crippen molar-refractivity contribution >= 4 is 29.1 Å². The first-order chi connectivity index (χ1) is 11.8. The number of nitrogens with one attached hydrogen (secondary N) is 2. The van der Waals surface area contributed by atoms with Crippen LogP contribution in [0, 0.1) is 23.0 Å². The maximum Gasteiger partial charge on any atom is 0.313 e. The molecule has 0 aromatic heterocycles. The summed E-state index contributed by atoms with van der Waals surface area (Å²) in [5.41, 5.74) is 0.498. The van der Waals surface area contributed by atoms with E-state index in [-0.39, 0.29) is 21.8 Å². The molecule has 0 aliphatic heterocycles. The summed E-state index contributed by atoms with van der Waals surface area (Å²) in [5, 5.41) is 13.5. The summed E-state index contributed by atoms with van der Waals surface area (Å²) in [6, 6.07) is 8.10. The van der Waals surface area contributed by atoms with Gasteiger partial charge in [0.1, 0.15) is 17.7 Å². The van der Waals surface area contributed by atoms with Crippen molar-refractivity contribution in [3.8, 4) is 6.07 Å². The molecule has 0 aliphatic carbocycles. The molecular weight excluding hydrogens is 352 g/mol. The van der Waals surface area contributed by atoms with Crippen LogP contribution in [-0.2, 0) is 9.59 Å². The molecule has 2 N–H and O–H groups in total. The second-order valence-corrected chi connectivity index (χ2v) is 5.53. The number of nitriles is 1. The van der Waals surface area contributed by atoms with Gasteiger partial charge in [0.25, 0.3) is 0 Å². The van der Waals surface area contributed by atoms with Crippen LogP contribution in [0.1, 0.15) is 24.1 Å². The third-order valence-corrected chi connectivity index (χ3v) is 3.64. The first-order valence-electron chi connectivity index (χ1n) is 7.08. The maximum absolute atomic E-state index is 13.7. The Hall–Kier alpha value is -2.98. The summed E-state index contributed by atoms with van der Waals surface area (Å²) >= 11 is 5.84. The highest BCUT2D eigenvalue weighted by molar-refractivity contribution is 6.40. The molecule has 25 heavy (non-hydrogen) atoms. The van der Waals surface area contributed by atoms with Gasteiger partial charge < -0.3 is 10.6 Å². The third kappa shape index (κ3) is 4.52. The monoisotopic (exact) mass is 363 g/mol. The SMILES string of the molecule is CC(NC(=O)C(=O)Nc1ccc(C#N)c(Cl)c1)c1ccc(F)cc1F. The van der Waals surface area contributed by atoms with Gasteiger partial charge in [0.2, 0.25) is 0 Å². The van der Waals surface area contributed by atoms with E-state index in [2.05, 4.69) is 10.6 Å². The van der Waals surface area contributed by atoms with Gasteiger partial charge in [-0.1, -0.05) is 17.7 Å². The van der Waals surface area contributed by atoms with E-state index in [1.807, 2.05) is 6.07 Å². The molecule has 2 amide bonds. The van der Waals surface area contributed by atoms with Crippen LogP contribution < -0.4 is 10.6 Å². The Morgan fingerprint density at radius 2 is 1.88 bits per heavy atom. The number of amides is 2. The van der Waals surface area contributed by atoms with Crippen molar-refractivity contribution in [2.45, 2.75) is 13.0 Å². The molecule has 5 nitrogen and oxygen atoms in total. The van der Waals surface area contributed by atoms with Crippen LogP contribution in [0.15, 0.2) is 36.4 Å². The van der Waals surface area contributed by atoms with Crippen LogP contribution >= 0.6 is 11.6 Å². The van der Waals surface area contributed by atoms with Crippen molar-refractivity contribution in [2.24, 2.45) is 0 Å². The highest BCUT2D eigenvalue weighted by atomic mass is 35.5. The number of carbonyl (C=O) groups excluding carboxylic acids is 2. The molecule has 0 saturated carbocycles. The van der Waals surface area contributed by atoms with E-state index in [9.17, 15) is 18.4 Å². The molecule has 2 rings (SSSR count). The van der Waals surface area contributed by atoms with Gasteiger partial charge in [-0.15, -0.1) is 0 Å². The van der Waals surface area contributed by atoms with Crippen LogP contribution in [0.2, 0.25) is 5.02 Å². The zero-order valence-corrected chi connectivity index (χ0v) is 13.7. The molecule has 1 unspecified atom stereocenters. The lowest BCUT2D eigenvalue weighted by Crippen LogP contribution is -2.37. The fourth-order valence-corrected chi connectivity index (χ4v) is 2.29. The Labute approximate surface area is 147 Å². The van der Waals surface area contributed by atoms with E-state index >= 15 is 0 Å². The number of anilines is 1. The van der Waals surface area contributed by atoms with Crippen LogP contribution in [0.5, 0.6) is 0 Å². The third-order valence-electron chi connectivity index (χ3n) is 3.33. The largest absolute Gasteiger partial charge is 0.341 e. The van der Waals surface area contributed by atoms with Crippen LogP contribution in [-0.4, -0.2) is 11.8 Å². The molecule has 0 saturated heterocycles. The van der Waals surface area contributed by atoms with Crippen LogP contribution in [0.4, 0.5) is 14.5 Å². The van der Waals surface area contributed by atoms with Crippen LogP contribution in [0.25, 0.3) is 0 Å². The van der Waals surface area contributed by atoms with Gasteiger partial charge in [-0.05, 0) is 31.2 Å². The standard InChI is InChI=1S/C17H12ClF2N3O2/c1-9(13-5-3-11(19)6-15(13)20)22-16(24)17(25)23-12-4-2-10(8-21)14(18)7-12/h2-7,9H,1H3,(H,22,24)(H,23,25). The van der Waals surface area contributed by atoms with E-state index in [1.54, 1.807) is 0 Å². The fourth-order valence-electron chi connectivity index (χ4n) is 2.06. The van der Waals surface area contributed by atoms with Crippen LogP contribution in [0.3, 0.4) is 0 Å². The minimum absolute atomic E-state index is 0.0453. The lowest BCUT2D eigenvalue weighted by atomic mass is 10.1. The number of benzene rings is 2. The number of rotatable bonds is 3. The predicted octanol–water partition coefficient (Wildman–Crippen LogP) is 3.31. The molecular formula is C17H12ClF2N3O2. The number of nitrogens with zero attached hydrogens (tertiary/aromatic N) is 1. The van der Waals surface area contributed by atoms with Gasteiger partial charge in [-0.3, -0.25) is 9.59 Å². The number of halogens is 3. The van der Waals surface area contributed by atoms with E-state index in [1.165, 1.54) is 31.2 Å². The lowest BCUT2D eigenvalue weighted by Gasteiger charge is -2.15. The molecule has 0 heterocycles. The molecule has 0 fully saturated rings. The smallest absolute Gasteiger partial charge is 0.313 e. The van der Waals surface area contributed by atoms with Crippen molar-refractivity contribution < 1.29 is 18.4 Å².